The number of methoxy groups -OCH3 is 1. The van der Waals surface area contributed by atoms with E-state index >= 15 is 0 Å². The summed E-state index contributed by atoms with van der Waals surface area (Å²) in [6.07, 6.45) is 7.56. The lowest BCUT2D eigenvalue weighted by molar-refractivity contribution is 0.143. The first-order chi connectivity index (χ1) is 14.9. The van der Waals surface area contributed by atoms with Crippen LogP contribution in [-0.2, 0) is 0 Å². The van der Waals surface area contributed by atoms with Crippen LogP contribution in [0.5, 0.6) is 11.5 Å². The van der Waals surface area contributed by atoms with E-state index in [1.54, 1.807) is 7.11 Å². The molecule has 2 heterocycles. The molecule has 4 heteroatoms. The van der Waals surface area contributed by atoms with Gasteiger partial charge >= 0.3 is 0 Å². The monoisotopic (exact) mass is 417 g/mol. The van der Waals surface area contributed by atoms with Crippen LogP contribution in [0.4, 0.5) is 5.69 Å². The van der Waals surface area contributed by atoms with E-state index < -0.39 is 0 Å². The highest BCUT2D eigenvalue weighted by atomic mass is 16.5. The molecule has 2 aromatic rings. The molecule has 0 aromatic heterocycles. The van der Waals surface area contributed by atoms with Crippen molar-refractivity contribution >= 4 is 11.3 Å². The molecule has 2 aliphatic heterocycles. The molecular formula is C27H31NO3. The Bertz CT molecular complexity index is 1100. The van der Waals surface area contributed by atoms with Gasteiger partial charge in [-0.25, -0.2) is 0 Å². The smallest absolute Gasteiger partial charge is 0.131 e. The topological polar surface area (TPSA) is 50.7 Å². The molecule has 5 rings (SSSR count). The maximum absolute atomic E-state index is 9.78. The number of hydrogen-bond donors (Lipinski definition) is 2. The summed E-state index contributed by atoms with van der Waals surface area (Å²) in [6, 6.07) is 10.4. The third-order valence-electron chi connectivity index (χ3n) is 6.77. The van der Waals surface area contributed by atoms with Crippen molar-refractivity contribution < 1.29 is 14.6 Å². The third kappa shape index (κ3) is 3.34. The van der Waals surface area contributed by atoms with E-state index in [0.29, 0.717) is 0 Å². The quantitative estimate of drug-likeness (QED) is 0.591. The average molecular weight is 418 g/mol. The zero-order valence-corrected chi connectivity index (χ0v) is 18.8. The fourth-order valence-electron chi connectivity index (χ4n) is 5.61. The summed E-state index contributed by atoms with van der Waals surface area (Å²) in [5.74, 6) is 1.92. The lowest BCUT2D eigenvalue weighted by atomic mass is 9.76. The minimum absolute atomic E-state index is 0.0965. The number of fused-ring (bicyclic) bond motifs is 5. The molecule has 0 saturated heterocycles. The van der Waals surface area contributed by atoms with Crippen molar-refractivity contribution in [1.29, 1.82) is 0 Å². The van der Waals surface area contributed by atoms with Crippen LogP contribution in [0.2, 0.25) is 0 Å². The molecule has 1 aliphatic carbocycles. The first-order valence-electron chi connectivity index (χ1n) is 11.2. The molecule has 2 N–H and O–H groups in total. The predicted molar refractivity (Wildman–Crippen MR) is 126 cm³/mol. The number of aliphatic hydroxyl groups excluding tert-OH is 1. The van der Waals surface area contributed by atoms with Gasteiger partial charge < -0.3 is 19.9 Å². The second-order valence-electron chi connectivity index (χ2n) is 9.53. The molecule has 2 atom stereocenters. The molecular weight excluding hydrogens is 386 g/mol. The van der Waals surface area contributed by atoms with Crippen LogP contribution in [0.1, 0.15) is 57.3 Å². The fraction of sp³-hybridized carbons (Fsp3) is 0.407. The number of ether oxygens (including phenoxy) is 2. The van der Waals surface area contributed by atoms with Gasteiger partial charge in [0, 0.05) is 22.7 Å². The van der Waals surface area contributed by atoms with Crippen LogP contribution in [-0.4, -0.2) is 24.4 Å². The van der Waals surface area contributed by atoms with Gasteiger partial charge in [0.1, 0.15) is 17.6 Å². The second kappa shape index (κ2) is 7.45. The van der Waals surface area contributed by atoms with Crippen molar-refractivity contribution in [2.75, 3.05) is 19.0 Å². The van der Waals surface area contributed by atoms with E-state index in [4.69, 9.17) is 9.47 Å². The van der Waals surface area contributed by atoms with Gasteiger partial charge in [-0.05, 0) is 74.9 Å². The van der Waals surface area contributed by atoms with E-state index in [9.17, 15) is 5.11 Å². The Morgan fingerprint density at radius 2 is 2.03 bits per heavy atom. The van der Waals surface area contributed by atoms with Gasteiger partial charge in [0.25, 0.3) is 0 Å². The van der Waals surface area contributed by atoms with Crippen LogP contribution in [0.3, 0.4) is 0 Å². The summed E-state index contributed by atoms with van der Waals surface area (Å²) in [7, 11) is 1.71. The van der Waals surface area contributed by atoms with Crippen LogP contribution in [0, 0.1) is 5.92 Å². The first kappa shape index (κ1) is 20.2. The van der Waals surface area contributed by atoms with Gasteiger partial charge in [-0.15, -0.1) is 0 Å². The minimum Gasteiger partial charge on any atom is -0.496 e. The van der Waals surface area contributed by atoms with Crippen LogP contribution in [0.15, 0.2) is 48.1 Å². The predicted octanol–water partition coefficient (Wildman–Crippen LogP) is 6.12. The van der Waals surface area contributed by atoms with Crippen LogP contribution in [0.25, 0.3) is 16.7 Å². The average Bonchev–Trinajstić information content (AvgIpc) is 2.76. The maximum atomic E-state index is 9.78. The molecule has 0 radical (unpaired) electrons. The number of benzene rings is 2. The highest BCUT2D eigenvalue weighted by Crippen LogP contribution is 2.54. The fourth-order valence-corrected chi connectivity index (χ4v) is 5.61. The van der Waals surface area contributed by atoms with Gasteiger partial charge in [-0.3, -0.25) is 0 Å². The molecule has 0 spiro atoms. The Labute approximate surface area is 184 Å². The largest absolute Gasteiger partial charge is 0.496 e. The molecule has 31 heavy (non-hydrogen) atoms. The molecule has 3 aliphatic rings. The molecule has 0 saturated carbocycles. The summed E-state index contributed by atoms with van der Waals surface area (Å²) >= 11 is 0. The Morgan fingerprint density at radius 1 is 1.19 bits per heavy atom. The summed E-state index contributed by atoms with van der Waals surface area (Å²) < 4.78 is 12.5. The SMILES string of the molecule is COc1cccc2c1-c1ccc3c(c1[C@H]([C@H]1C=C(CO)CCC1)O2)C(C)=CC(C)(C)N3. The van der Waals surface area contributed by atoms with Crippen molar-refractivity contribution in [2.24, 2.45) is 5.92 Å². The number of aliphatic hydroxyl groups is 1. The zero-order valence-electron chi connectivity index (χ0n) is 18.8. The molecule has 0 fully saturated rings. The highest BCUT2D eigenvalue weighted by molar-refractivity contribution is 5.91. The maximum Gasteiger partial charge on any atom is 0.131 e. The van der Waals surface area contributed by atoms with E-state index in [0.717, 1.165) is 47.6 Å². The lowest BCUT2D eigenvalue weighted by Crippen LogP contribution is -2.33. The second-order valence-corrected chi connectivity index (χ2v) is 9.53. The number of allylic oxidation sites excluding steroid dienone is 1. The Hall–Kier alpha value is -2.72. The van der Waals surface area contributed by atoms with Gasteiger partial charge in [0.15, 0.2) is 0 Å². The highest BCUT2D eigenvalue weighted by Gasteiger charge is 2.38. The Balaban J connectivity index is 1.76. The molecule has 2 aromatic carbocycles. The van der Waals surface area contributed by atoms with E-state index in [2.05, 4.69) is 50.4 Å². The first-order valence-corrected chi connectivity index (χ1v) is 11.2. The molecule has 0 unspecified atom stereocenters. The van der Waals surface area contributed by atoms with Gasteiger partial charge in [0.05, 0.1) is 24.8 Å². The van der Waals surface area contributed by atoms with Crippen molar-refractivity contribution in [2.45, 2.75) is 51.7 Å². The molecule has 4 nitrogen and oxygen atoms in total. The number of rotatable bonds is 3. The number of hydrogen-bond acceptors (Lipinski definition) is 4. The molecule has 0 amide bonds. The normalized spacial score (nSPS) is 23.3. The van der Waals surface area contributed by atoms with Gasteiger partial charge in [0.2, 0.25) is 0 Å². The zero-order chi connectivity index (χ0) is 21.8. The Kier molecular flexibility index (Phi) is 4.86. The standard InChI is InChI=1S/C27H31NO3/c1-16-14-27(2,3)28-20-12-11-19-24-21(30-4)9-6-10-22(24)31-26(25(19)23(16)20)18-8-5-7-17(13-18)15-29/h6,9-14,18,26,28-29H,5,7-8,15H2,1-4H3/t18-,26+/m1/s1. The summed E-state index contributed by atoms with van der Waals surface area (Å²) in [6.45, 7) is 6.72. The summed E-state index contributed by atoms with van der Waals surface area (Å²) in [5.41, 5.74) is 8.12. The van der Waals surface area contributed by atoms with E-state index in [1.165, 1.54) is 22.3 Å². The van der Waals surface area contributed by atoms with Gasteiger partial charge in [-0.1, -0.05) is 24.3 Å². The minimum atomic E-state index is -0.0993. The molecule has 0 bridgehead atoms. The third-order valence-corrected chi connectivity index (χ3v) is 6.77. The Morgan fingerprint density at radius 3 is 2.81 bits per heavy atom. The summed E-state index contributed by atoms with van der Waals surface area (Å²) in [4.78, 5) is 0. The van der Waals surface area contributed by atoms with Gasteiger partial charge in [-0.2, -0.15) is 0 Å². The van der Waals surface area contributed by atoms with Crippen LogP contribution >= 0.6 is 0 Å². The van der Waals surface area contributed by atoms with Crippen molar-refractivity contribution in [3.05, 3.63) is 59.2 Å². The number of anilines is 1. The number of nitrogens with one attached hydrogen (secondary N) is 1. The molecule has 162 valence electrons. The van der Waals surface area contributed by atoms with E-state index in [1.807, 2.05) is 18.2 Å². The lowest BCUT2D eigenvalue weighted by Gasteiger charge is -2.40. The van der Waals surface area contributed by atoms with Crippen molar-refractivity contribution in [3.63, 3.8) is 0 Å². The van der Waals surface area contributed by atoms with Crippen LogP contribution < -0.4 is 14.8 Å². The summed E-state index contributed by atoms with van der Waals surface area (Å²) in [5, 5.41) is 13.5. The van der Waals surface area contributed by atoms with Crippen molar-refractivity contribution in [3.8, 4) is 22.6 Å². The van der Waals surface area contributed by atoms with Crippen molar-refractivity contribution in [1.82, 2.24) is 0 Å². The van der Waals surface area contributed by atoms with E-state index in [-0.39, 0.29) is 24.2 Å².